The van der Waals surface area contributed by atoms with Crippen molar-refractivity contribution < 1.29 is 14.3 Å². The number of carbonyl (C=O) groups is 2. The normalized spacial score (nSPS) is 12.0. The van der Waals surface area contributed by atoms with Gasteiger partial charge in [-0.15, -0.1) is 0 Å². The van der Waals surface area contributed by atoms with Crippen LogP contribution in [0.2, 0.25) is 0 Å². The van der Waals surface area contributed by atoms with Gasteiger partial charge in [0.1, 0.15) is 0 Å². The molecule has 0 heterocycles. The molecule has 4 nitrogen and oxygen atoms in total. The van der Waals surface area contributed by atoms with Crippen LogP contribution in [0.25, 0.3) is 0 Å². The largest absolute Gasteiger partial charge is 0.464 e. The molecule has 0 fully saturated rings. The van der Waals surface area contributed by atoms with Crippen molar-refractivity contribution in [3.05, 3.63) is 0 Å². The second-order valence-electron chi connectivity index (χ2n) is 5.26. The monoisotopic (exact) mass is 319 g/mol. The number of hydrogen-bond donors (Lipinski definition) is 1. The summed E-state index contributed by atoms with van der Waals surface area (Å²) in [4.78, 5) is 22.8. The van der Waals surface area contributed by atoms with E-state index < -0.39 is 11.5 Å². The van der Waals surface area contributed by atoms with Crippen LogP contribution in [0.15, 0.2) is 0 Å². The summed E-state index contributed by atoms with van der Waals surface area (Å²) in [5.74, 6) is -0.786. The third-order valence-electron chi connectivity index (χ3n) is 3.29. The Kier molecular flexibility index (Phi) is 13.7. The second-order valence-corrected chi connectivity index (χ2v) is 5.70. The molecule has 0 rings (SSSR count). The number of hydrogen-bond acceptors (Lipinski definition) is 3. The lowest BCUT2D eigenvalue weighted by Crippen LogP contribution is -2.37. The fourth-order valence-electron chi connectivity index (χ4n) is 2.08. The first-order chi connectivity index (χ1) is 10.1. The Hall–Kier alpha value is -0.770. The van der Waals surface area contributed by atoms with Crippen molar-refractivity contribution in [3.8, 4) is 0 Å². The van der Waals surface area contributed by atoms with Crippen molar-refractivity contribution in [2.24, 2.45) is 0 Å². The number of ether oxygens (including phenoxy) is 1. The van der Waals surface area contributed by atoms with E-state index in [2.05, 4.69) is 12.2 Å². The van der Waals surface area contributed by atoms with Gasteiger partial charge in [-0.25, -0.2) is 4.79 Å². The van der Waals surface area contributed by atoms with Gasteiger partial charge in [0.15, 0.2) is 0 Å². The van der Waals surface area contributed by atoms with Crippen molar-refractivity contribution in [2.45, 2.75) is 83.6 Å². The first-order valence-corrected chi connectivity index (χ1v) is 8.65. The summed E-state index contributed by atoms with van der Waals surface area (Å²) in [6.45, 7) is 4.18. The summed E-state index contributed by atoms with van der Waals surface area (Å²) in [6.07, 6.45) is 11.3. The minimum Gasteiger partial charge on any atom is -0.464 e. The summed E-state index contributed by atoms with van der Waals surface area (Å²) in [5, 5.41) is 2.44. The molecule has 0 spiro atoms. The van der Waals surface area contributed by atoms with E-state index in [1.807, 2.05) is 0 Å². The van der Waals surface area contributed by atoms with Gasteiger partial charge in [-0.1, -0.05) is 69.9 Å². The number of rotatable bonds is 13. The Balaban J connectivity index is 3.43. The highest BCUT2D eigenvalue weighted by Crippen LogP contribution is 2.10. The molecule has 5 heteroatoms. The number of unbranched alkanes of at least 4 members (excludes halogenated alkanes) is 8. The van der Waals surface area contributed by atoms with E-state index in [0.29, 0.717) is 6.42 Å². The van der Waals surface area contributed by atoms with Crippen molar-refractivity contribution in [3.63, 3.8) is 0 Å². The number of nitrogens with one attached hydrogen (secondary N) is 1. The van der Waals surface area contributed by atoms with Gasteiger partial charge in [0.25, 0.3) is 0 Å². The second kappa shape index (κ2) is 14.2. The fraction of sp³-hybridized carbons (Fsp3) is 0.875. The Bertz CT molecular complexity index is 285. The number of carbonyl (C=O) groups excluding carboxylic acids is 2. The van der Waals surface area contributed by atoms with E-state index in [0.717, 1.165) is 12.8 Å². The fourth-order valence-corrected chi connectivity index (χ4v) is 2.27. The molecule has 0 aliphatic carbocycles. The Labute approximate surface area is 134 Å². The van der Waals surface area contributed by atoms with Crippen molar-refractivity contribution in [1.82, 2.24) is 5.32 Å². The Morgan fingerprint density at radius 2 is 1.48 bits per heavy atom. The van der Waals surface area contributed by atoms with E-state index in [1.165, 1.54) is 44.9 Å². The van der Waals surface area contributed by atoms with Gasteiger partial charge >= 0.3 is 5.97 Å². The van der Waals surface area contributed by atoms with Crippen LogP contribution in [-0.4, -0.2) is 24.0 Å². The average Bonchev–Trinajstić information content (AvgIpc) is 2.45. The van der Waals surface area contributed by atoms with Crippen molar-refractivity contribution in [2.75, 3.05) is 6.61 Å². The first-order valence-electron chi connectivity index (χ1n) is 8.21. The van der Waals surface area contributed by atoms with E-state index in [-0.39, 0.29) is 12.5 Å². The summed E-state index contributed by atoms with van der Waals surface area (Å²) in [6, 6.07) is 0. The van der Waals surface area contributed by atoms with Crippen LogP contribution in [0.4, 0.5) is 0 Å². The lowest BCUT2D eigenvalue weighted by atomic mass is 10.1. The Morgan fingerprint density at radius 3 is 2.00 bits per heavy atom. The maximum absolute atomic E-state index is 11.6. The lowest BCUT2D eigenvalue weighted by molar-refractivity contribution is -0.144. The molecule has 0 saturated carbocycles. The maximum Gasteiger partial charge on any atom is 0.344 e. The summed E-state index contributed by atoms with van der Waals surface area (Å²) in [7, 11) is 0. The molecule has 1 N–H and O–H groups in total. The van der Waals surface area contributed by atoms with E-state index in [1.54, 1.807) is 6.92 Å². The zero-order chi connectivity index (χ0) is 15.9. The summed E-state index contributed by atoms with van der Waals surface area (Å²) in [5.41, 5.74) is -1.07. The molecular weight excluding hydrogens is 290 g/mol. The molecule has 0 unspecified atom stereocenters. The van der Waals surface area contributed by atoms with Gasteiger partial charge in [0.2, 0.25) is 11.4 Å². The quantitative estimate of drug-likeness (QED) is 0.240. The molecule has 0 aromatic rings. The van der Waals surface area contributed by atoms with Gasteiger partial charge < -0.3 is 10.1 Å². The van der Waals surface area contributed by atoms with E-state index in [4.69, 9.17) is 16.3 Å². The molecule has 0 bridgehead atoms. The molecule has 124 valence electrons. The maximum atomic E-state index is 11.6. The van der Waals surface area contributed by atoms with Gasteiger partial charge in [-0.2, -0.15) is 0 Å². The van der Waals surface area contributed by atoms with Gasteiger partial charge in [0.05, 0.1) is 6.61 Å². The van der Waals surface area contributed by atoms with Crippen molar-refractivity contribution >= 4 is 23.5 Å². The molecule has 0 aliphatic rings. The van der Waals surface area contributed by atoms with Crippen LogP contribution < -0.4 is 5.32 Å². The van der Waals surface area contributed by atoms with Crippen LogP contribution in [0.3, 0.4) is 0 Å². The predicted octanol–water partition coefficient (Wildman–Crippen LogP) is 4.15. The zero-order valence-corrected chi connectivity index (χ0v) is 14.2. The topological polar surface area (TPSA) is 55.4 Å². The molecule has 0 aliphatic heterocycles. The van der Waals surface area contributed by atoms with E-state index in [9.17, 15) is 9.59 Å². The molecule has 21 heavy (non-hydrogen) atoms. The first kappa shape index (κ1) is 20.2. The predicted molar refractivity (Wildman–Crippen MR) is 86.3 cm³/mol. The van der Waals surface area contributed by atoms with Crippen LogP contribution in [0.1, 0.15) is 78.1 Å². The zero-order valence-electron chi connectivity index (χ0n) is 13.5. The van der Waals surface area contributed by atoms with Crippen molar-refractivity contribution in [1.29, 1.82) is 0 Å². The molecule has 0 radical (unpaired) electrons. The average molecular weight is 320 g/mol. The highest BCUT2D eigenvalue weighted by Gasteiger charge is 2.18. The smallest absolute Gasteiger partial charge is 0.344 e. The third kappa shape index (κ3) is 12.7. The highest BCUT2D eigenvalue weighted by atomic mass is 35.5. The number of alkyl halides is 1. The molecule has 0 aromatic carbocycles. The van der Waals surface area contributed by atoms with Gasteiger partial charge in [-0.3, -0.25) is 4.79 Å². The summed E-state index contributed by atoms with van der Waals surface area (Å²) >= 11 is 5.72. The minimum atomic E-state index is -1.07. The Morgan fingerprint density at radius 1 is 0.952 bits per heavy atom. The van der Waals surface area contributed by atoms with E-state index >= 15 is 0 Å². The lowest BCUT2D eigenvalue weighted by Gasteiger charge is -2.10. The van der Waals surface area contributed by atoms with Gasteiger partial charge in [-0.05, 0) is 13.3 Å². The SMILES string of the molecule is CCCCCCCCCCCC(=O)N[C@@H](Cl)C(=O)OCC. The third-order valence-corrected chi connectivity index (χ3v) is 3.58. The molecular formula is C16H30ClNO3. The molecule has 0 aromatic heterocycles. The standard InChI is InChI=1S/C16H30ClNO3/c1-3-5-6-7-8-9-10-11-12-13-14(19)18-15(17)16(20)21-4-2/h15H,3-13H2,1-2H3,(H,18,19)/t15-/m1/s1. The number of esters is 1. The number of halogens is 1. The van der Waals surface area contributed by atoms with Crippen LogP contribution in [0, 0.1) is 0 Å². The highest BCUT2D eigenvalue weighted by molar-refractivity contribution is 6.30. The molecule has 1 amide bonds. The van der Waals surface area contributed by atoms with Crippen LogP contribution in [0.5, 0.6) is 0 Å². The summed E-state index contributed by atoms with van der Waals surface area (Å²) < 4.78 is 4.72. The molecule has 0 saturated heterocycles. The minimum absolute atomic E-state index is 0.189. The molecule has 1 atom stereocenters. The number of amides is 1. The van der Waals surface area contributed by atoms with Gasteiger partial charge in [0, 0.05) is 6.42 Å². The van der Waals surface area contributed by atoms with Crippen LogP contribution in [-0.2, 0) is 14.3 Å². The van der Waals surface area contributed by atoms with Crippen LogP contribution >= 0.6 is 11.6 Å².